The summed E-state index contributed by atoms with van der Waals surface area (Å²) in [6.45, 7) is 4.63. The first-order valence-corrected chi connectivity index (χ1v) is 11.5. The van der Waals surface area contributed by atoms with Crippen LogP contribution >= 0.6 is 15.9 Å². The number of rotatable bonds is 6. The number of benzene rings is 3. The van der Waals surface area contributed by atoms with Crippen LogP contribution in [-0.2, 0) is 9.59 Å². The molecule has 0 spiro atoms. The summed E-state index contributed by atoms with van der Waals surface area (Å²) in [5, 5.41) is 11.3. The Hall–Kier alpha value is -3.38. The molecule has 33 heavy (non-hydrogen) atoms. The summed E-state index contributed by atoms with van der Waals surface area (Å²) in [6, 6.07) is 22.6. The number of halogens is 1. The van der Waals surface area contributed by atoms with Gasteiger partial charge in [-0.25, -0.2) is 0 Å². The molecule has 0 aliphatic carbocycles. The third-order valence-electron chi connectivity index (χ3n) is 5.36. The molecule has 0 radical (unpaired) electrons. The molecule has 1 atom stereocenters. The summed E-state index contributed by atoms with van der Waals surface area (Å²) in [5.74, 6) is -0.697. The zero-order valence-electron chi connectivity index (χ0n) is 18.4. The number of carbonyl (C=O) groups is 2. The molecule has 4 rings (SSSR count). The van der Waals surface area contributed by atoms with Crippen LogP contribution in [0.5, 0.6) is 5.75 Å². The zero-order valence-corrected chi connectivity index (χ0v) is 20.0. The van der Waals surface area contributed by atoms with E-state index in [0.29, 0.717) is 29.5 Å². The molecule has 1 heterocycles. The van der Waals surface area contributed by atoms with E-state index >= 15 is 0 Å². The van der Waals surface area contributed by atoms with E-state index in [9.17, 15) is 14.7 Å². The number of nitrogens with zero attached hydrogens (tertiary/aromatic N) is 1. The molecule has 1 amide bonds. The second-order valence-electron chi connectivity index (χ2n) is 8.29. The van der Waals surface area contributed by atoms with E-state index in [4.69, 9.17) is 4.74 Å². The number of hydrogen-bond acceptors (Lipinski definition) is 4. The van der Waals surface area contributed by atoms with Crippen molar-refractivity contribution in [1.29, 1.82) is 0 Å². The number of aliphatic hydroxyl groups excluding tert-OH is 1. The number of ketones is 1. The average Bonchev–Trinajstić information content (AvgIpc) is 3.09. The van der Waals surface area contributed by atoms with Crippen molar-refractivity contribution in [2.75, 3.05) is 11.5 Å². The predicted octanol–water partition coefficient (Wildman–Crippen LogP) is 6.11. The second-order valence-corrected chi connectivity index (χ2v) is 9.20. The van der Waals surface area contributed by atoms with Gasteiger partial charge in [-0.1, -0.05) is 72.2 Å². The van der Waals surface area contributed by atoms with Gasteiger partial charge in [0.25, 0.3) is 11.7 Å². The first-order valence-electron chi connectivity index (χ1n) is 10.7. The molecule has 0 saturated carbocycles. The summed E-state index contributed by atoms with van der Waals surface area (Å²) in [6.07, 6.45) is 0. The maximum Gasteiger partial charge on any atom is 0.300 e. The van der Waals surface area contributed by atoms with Crippen LogP contribution in [0, 0.1) is 5.92 Å². The highest BCUT2D eigenvalue weighted by atomic mass is 79.9. The fourth-order valence-electron chi connectivity index (χ4n) is 3.80. The largest absolute Gasteiger partial charge is 0.507 e. The molecule has 1 fully saturated rings. The maximum absolute atomic E-state index is 13.2. The van der Waals surface area contributed by atoms with Gasteiger partial charge in [0, 0.05) is 15.7 Å². The van der Waals surface area contributed by atoms with Crippen LogP contribution < -0.4 is 9.64 Å². The van der Waals surface area contributed by atoms with Gasteiger partial charge in [0.1, 0.15) is 11.5 Å². The number of carbonyl (C=O) groups excluding carboxylic acids is 2. The maximum atomic E-state index is 13.2. The summed E-state index contributed by atoms with van der Waals surface area (Å²) in [4.78, 5) is 27.8. The van der Waals surface area contributed by atoms with E-state index in [1.54, 1.807) is 36.4 Å². The molecule has 6 heteroatoms. The molecule has 0 bridgehead atoms. The van der Waals surface area contributed by atoms with Crippen molar-refractivity contribution in [2.45, 2.75) is 19.9 Å². The van der Waals surface area contributed by atoms with Gasteiger partial charge in [-0.05, 0) is 47.9 Å². The highest BCUT2D eigenvalue weighted by molar-refractivity contribution is 9.10. The Bertz CT molecular complexity index is 1200. The lowest BCUT2D eigenvalue weighted by atomic mass is 9.95. The van der Waals surface area contributed by atoms with Crippen LogP contribution in [0.2, 0.25) is 0 Å². The Labute approximate surface area is 201 Å². The SMILES string of the molecule is CC(C)COc1cccc(/C(O)=C2/C(=O)C(=O)N(c3ccc(Br)cc3)C2c2ccccc2)c1. The van der Waals surface area contributed by atoms with Crippen molar-refractivity contribution in [3.63, 3.8) is 0 Å². The summed E-state index contributed by atoms with van der Waals surface area (Å²) < 4.78 is 6.64. The van der Waals surface area contributed by atoms with Gasteiger partial charge < -0.3 is 9.84 Å². The van der Waals surface area contributed by atoms with Crippen molar-refractivity contribution in [2.24, 2.45) is 5.92 Å². The molecular weight excluding hydrogens is 482 g/mol. The number of anilines is 1. The van der Waals surface area contributed by atoms with Gasteiger partial charge in [-0.15, -0.1) is 0 Å². The third kappa shape index (κ3) is 4.71. The Balaban J connectivity index is 1.84. The predicted molar refractivity (Wildman–Crippen MR) is 132 cm³/mol. The van der Waals surface area contributed by atoms with E-state index in [1.807, 2.05) is 56.3 Å². The monoisotopic (exact) mass is 505 g/mol. The zero-order chi connectivity index (χ0) is 23.5. The van der Waals surface area contributed by atoms with Crippen molar-refractivity contribution in [1.82, 2.24) is 0 Å². The van der Waals surface area contributed by atoms with Crippen LogP contribution in [0.1, 0.15) is 31.0 Å². The van der Waals surface area contributed by atoms with E-state index < -0.39 is 17.7 Å². The summed E-state index contributed by atoms with van der Waals surface area (Å²) >= 11 is 3.40. The minimum Gasteiger partial charge on any atom is -0.507 e. The van der Waals surface area contributed by atoms with E-state index in [-0.39, 0.29) is 11.3 Å². The van der Waals surface area contributed by atoms with E-state index in [0.717, 1.165) is 10.0 Å². The molecular formula is C27H24BrNO4. The Morgan fingerprint density at radius 2 is 1.70 bits per heavy atom. The van der Waals surface area contributed by atoms with Gasteiger partial charge in [0.05, 0.1) is 18.2 Å². The van der Waals surface area contributed by atoms with Gasteiger partial charge in [-0.3, -0.25) is 14.5 Å². The Morgan fingerprint density at radius 1 is 1.00 bits per heavy atom. The highest BCUT2D eigenvalue weighted by Crippen LogP contribution is 2.42. The van der Waals surface area contributed by atoms with Crippen molar-refractivity contribution in [3.05, 3.63) is 100 Å². The molecule has 3 aromatic carbocycles. The molecule has 0 aromatic heterocycles. The van der Waals surface area contributed by atoms with Crippen LogP contribution in [0.4, 0.5) is 5.69 Å². The first kappa shape index (κ1) is 22.8. The smallest absolute Gasteiger partial charge is 0.300 e. The molecule has 5 nitrogen and oxygen atoms in total. The average molecular weight is 506 g/mol. The van der Waals surface area contributed by atoms with Crippen LogP contribution in [0.3, 0.4) is 0 Å². The standard InChI is InChI=1S/C27H24BrNO4/c1-17(2)16-33-22-10-6-9-19(15-22)25(30)23-24(18-7-4-3-5-8-18)29(27(32)26(23)31)21-13-11-20(28)12-14-21/h3-15,17,24,30H,16H2,1-2H3/b25-23-. The van der Waals surface area contributed by atoms with Crippen LogP contribution in [0.25, 0.3) is 5.76 Å². The summed E-state index contributed by atoms with van der Waals surface area (Å²) in [5.41, 5.74) is 1.77. The summed E-state index contributed by atoms with van der Waals surface area (Å²) in [7, 11) is 0. The van der Waals surface area contributed by atoms with Gasteiger partial charge in [-0.2, -0.15) is 0 Å². The molecule has 1 saturated heterocycles. The topological polar surface area (TPSA) is 66.8 Å². The molecule has 1 N–H and O–H groups in total. The van der Waals surface area contributed by atoms with Gasteiger partial charge in [0.2, 0.25) is 0 Å². The van der Waals surface area contributed by atoms with E-state index in [1.165, 1.54) is 4.90 Å². The number of hydrogen-bond donors (Lipinski definition) is 1. The quantitative estimate of drug-likeness (QED) is 0.249. The fourth-order valence-corrected chi connectivity index (χ4v) is 4.07. The minimum absolute atomic E-state index is 0.0510. The number of amides is 1. The lowest BCUT2D eigenvalue weighted by Crippen LogP contribution is -2.29. The normalized spacial score (nSPS) is 17.6. The number of ether oxygens (including phenoxy) is 1. The van der Waals surface area contributed by atoms with Crippen molar-refractivity contribution >= 4 is 39.1 Å². The molecule has 3 aromatic rings. The van der Waals surface area contributed by atoms with Crippen molar-refractivity contribution < 1.29 is 19.4 Å². The first-order chi connectivity index (χ1) is 15.9. The number of aliphatic hydroxyl groups is 1. The van der Waals surface area contributed by atoms with E-state index in [2.05, 4.69) is 15.9 Å². The Kier molecular flexibility index (Phi) is 6.65. The molecule has 1 aliphatic heterocycles. The van der Waals surface area contributed by atoms with Gasteiger partial charge >= 0.3 is 0 Å². The molecule has 168 valence electrons. The Morgan fingerprint density at radius 3 is 2.36 bits per heavy atom. The molecule has 1 unspecified atom stereocenters. The third-order valence-corrected chi connectivity index (χ3v) is 5.88. The number of Topliss-reactive ketones (excluding diaryl/α,β-unsaturated/α-hetero) is 1. The lowest BCUT2D eigenvalue weighted by molar-refractivity contribution is -0.132. The second kappa shape index (κ2) is 9.63. The van der Waals surface area contributed by atoms with Crippen molar-refractivity contribution in [3.8, 4) is 5.75 Å². The highest BCUT2D eigenvalue weighted by Gasteiger charge is 2.46. The lowest BCUT2D eigenvalue weighted by Gasteiger charge is -2.25. The fraction of sp³-hybridized carbons (Fsp3) is 0.185. The minimum atomic E-state index is -0.757. The van der Waals surface area contributed by atoms with Gasteiger partial charge in [0.15, 0.2) is 0 Å². The van der Waals surface area contributed by atoms with Crippen LogP contribution in [0.15, 0.2) is 88.9 Å². The van der Waals surface area contributed by atoms with Crippen LogP contribution in [-0.4, -0.2) is 23.4 Å². The molecule has 1 aliphatic rings.